The van der Waals surface area contributed by atoms with Crippen molar-refractivity contribution in [2.24, 2.45) is 5.73 Å². The highest BCUT2D eigenvalue weighted by molar-refractivity contribution is 5.87. The molecule has 78 valence electrons. The van der Waals surface area contributed by atoms with Gasteiger partial charge in [0.05, 0.1) is 7.11 Å². The fourth-order valence-corrected chi connectivity index (χ4v) is 0.817. The van der Waals surface area contributed by atoms with Gasteiger partial charge in [0.1, 0.15) is 5.69 Å². The maximum atomic E-state index is 11.0. The van der Waals surface area contributed by atoms with Crippen molar-refractivity contribution in [1.29, 1.82) is 0 Å². The summed E-state index contributed by atoms with van der Waals surface area (Å²) >= 11 is 0. The zero-order valence-electron chi connectivity index (χ0n) is 8.78. The largest absolute Gasteiger partial charge is 0.464 e. The average molecular weight is 196 g/mol. The van der Waals surface area contributed by atoms with Gasteiger partial charge in [0.15, 0.2) is 0 Å². The van der Waals surface area contributed by atoms with Crippen LogP contribution in [-0.4, -0.2) is 18.1 Å². The second-order valence-electron chi connectivity index (χ2n) is 2.25. The number of methoxy groups -OCH3 is 1. The zero-order chi connectivity index (χ0) is 11.0. The van der Waals surface area contributed by atoms with Crippen molar-refractivity contribution in [3.8, 4) is 0 Å². The number of ether oxygens (including phenoxy) is 1. The van der Waals surface area contributed by atoms with Gasteiger partial charge >= 0.3 is 5.97 Å². The molecule has 0 aliphatic carbocycles. The summed E-state index contributed by atoms with van der Waals surface area (Å²) in [7, 11) is 1.32. The van der Waals surface area contributed by atoms with Crippen LogP contribution in [0.2, 0.25) is 0 Å². The Morgan fingerprint density at radius 2 is 2.21 bits per heavy atom. The summed E-state index contributed by atoms with van der Waals surface area (Å²) in [6.07, 6.45) is 1.54. The van der Waals surface area contributed by atoms with Gasteiger partial charge in [0.2, 0.25) is 0 Å². The van der Waals surface area contributed by atoms with E-state index in [4.69, 9.17) is 5.73 Å². The summed E-state index contributed by atoms with van der Waals surface area (Å²) in [5.74, 6) is -0.440. The summed E-state index contributed by atoms with van der Waals surface area (Å²) in [4.78, 5) is 14.8. The molecule has 14 heavy (non-hydrogen) atoms. The van der Waals surface area contributed by atoms with Crippen LogP contribution >= 0.6 is 0 Å². The molecule has 1 rings (SSSR count). The van der Waals surface area contributed by atoms with Crippen molar-refractivity contribution in [1.82, 2.24) is 4.98 Å². The van der Waals surface area contributed by atoms with Crippen LogP contribution in [0.15, 0.2) is 18.3 Å². The molecule has 0 atom stereocenters. The van der Waals surface area contributed by atoms with Crippen molar-refractivity contribution in [2.75, 3.05) is 7.11 Å². The highest BCUT2D eigenvalue weighted by Gasteiger charge is 2.05. The first-order valence-electron chi connectivity index (χ1n) is 4.51. The molecule has 0 radical (unpaired) electrons. The fraction of sp³-hybridized carbons (Fsp3) is 0.400. The van der Waals surface area contributed by atoms with Crippen LogP contribution in [-0.2, 0) is 11.3 Å². The molecule has 0 aliphatic rings. The minimum absolute atomic E-state index is 0.292. The average Bonchev–Trinajstić information content (AvgIpc) is 2.30. The van der Waals surface area contributed by atoms with Gasteiger partial charge < -0.3 is 10.5 Å². The van der Waals surface area contributed by atoms with E-state index >= 15 is 0 Å². The van der Waals surface area contributed by atoms with Crippen molar-refractivity contribution in [2.45, 2.75) is 20.4 Å². The molecule has 4 nitrogen and oxygen atoms in total. The number of aromatic nitrogens is 1. The number of esters is 1. The lowest BCUT2D eigenvalue weighted by Gasteiger charge is -1.99. The Kier molecular flexibility index (Phi) is 6.32. The molecule has 0 aliphatic heterocycles. The van der Waals surface area contributed by atoms with E-state index in [1.165, 1.54) is 13.3 Å². The maximum Gasteiger partial charge on any atom is 0.356 e. The van der Waals surface area contributed by atoms with E-state index in [1.54, 1.807) is 12.1 Å². The Balaban J connectivity index is 0.000000791. The molecule has 0 unspecified atom stereocenters. The second kappa shape index (κ2) is 7.03. The first-order chi connectivity index (χ1) is 6.77. The van der Waals surface area contributed by atoms with Gasteiger partial charge in [-0.25, -0.2) is 9.78 Å². The van der Waals surface area contributed by atoms with Crippen LogP contribution in [0, 0.1) is 0 Å². The number of nitrogens with two attached hydrogens (primary N) is 1. The number of nitrogens with zero attached hydrogens (tertiary/aromatic N) is 1. The fourth-order valence-electron chi connectivity index (χ4n) is 0.817. The van der Waals surface area contributed by atoms with Gasteiger partial charge in [0, 0.05) is 12.7 Å². The molecule has 0 spiro atoms. The molecule has 1 aromatic rings. The Hall–Kier alpha value is -1.42. The van der Waals surface area contributed by atoms with Crippen LogP contribution in [0.5, 0.6) is 0 Å². The van der Waals surface area contributed by atoms with Gasteiger partial charge in [0.25, 0.3) is 0 Å². The highest BCUT2D eigenvalue weighted by Crippen LogP contribution is 2.01. The lowest BCUT2D eigenvalue weighted by atomic mass is 10.2. The number of hydrogen-bond acceptors (Lipinski definition) is 4. The smallest absolute Gasteiger partial charge is 0.356 e. The van der Waals surface area contributed by atoms with Crippen molar-refractivity contribution >= 4 is 5.97 Å². The summed E-state index contributed by atoms with van der Waals surface area (Å²) < 4.78 is 4.49. The van der Waals surface area contributed by atoms with E-state index in [9.17, 15) is 4.79 Å². The number of hydrogen-bond donors (Lipinski definition) is 1. The summed E-state index contributed by atoms with van der Waals surface area (Å²) in [6, 6.07) is 3.37. The monoisotopic (exact) mass is 196 g/mol. The minimum Gasteiger partial charge on any atom is -0.464 e. The van der Waals surface area contributed by atoms with Crippen LogP contribution in [0.25, 0.3) is 0 Å². The lowest BCUT2D eigenvalue weighted by molar-refractivity contribution is 0.0594. The van der Waals surface area contributed by atoms with Gasteiger partial charge in [-0.05, 0) is 17.7 Å². The minimum atomic E-state index is -0.440. The number of pyridine rings is 1. The normalized spacial score (nSPS) is 8.57. The Bertz CT molecular complexity index is 287. The first-order valence-corrected chi connectivity index (χ1v) is 4.51. The molecule has 0 bridgehead atoms. The van der Waals surface area contributed by atoms with Gasteiger partial charge in [-0.2, -0.15) is 0 Å². The second-order valence-corrected chi connectivity index (χ2v) is 2.25. The Labute approximate surface area is 84.1 Å². The van der Waals surface area contributed by atoms with E-state index in [0.717, 1.165) is 5.56 Å². The first kappa shape index (κ1) is 12.6. The van der Waals surface area contributed by atoms with Crippen LogP contribution in [0.1, 0.15) is 29.9 Å². The summed E-state index contributed by atoms with van der Waals surface area (Å²) in [5, 5.41) is 0. The Morgan fingerprint density at radius 1 is 1.57 bits per heavy atom. The van der Waals surface area contributed by atoms with Crippen molar-refractivity contribution < 1.29 is 9.53 Å². The zero-order valence-corrected chi connectivity index (χ0v) is 8.78. The van der Waals surface area contributed by atoms with E-state index in [1.807, 2.05) is 13.8 Å². The topological polar surface area (TPSA) is 65.2 Å². The molecule has 0 saturated carbocycles. The third-order valence-electron chi connectivity index (χ3n) is 1.45. The van der Waals surface area contributed by atoms with Gasteiger partial charge in [-0.1, -0.05) is 13.8 Å². The SMILES string of the molecule is CC.COC(=O)c1cc(CN)ccn1. The molecule has 2 N–H and O–H groups in total. The van der Waals surface area contributed by atoms with E-state index in [-0.39, 0.29) is 0 Å². The lowest BCUT2D eigenvalue weighted by Crippen LogP contribution is -2.06. The molecule has 0 fully saturated rings. The molecule has 1 aromatic heterocycles. The number of rotatable bonds is 2. The molecule has 0 aromatic carbocycles. The van der Waals surface area contributed by atoms with E-state index < -0.39 is 5.97 Å². The predicted octanol–water partition coefficient (Wildman–Crippen LogP) is 1.35. The third kappa shape index (κ3) is 3.53. The molecule has 1 heterocycles. The summed E-state index contributed by atoms with van der Waals surface area (Å²) in [6.45, 7) is 4.40. The van der Waals surface area contributed by atoms with Crippen LogP contribution in [0.3, 0.4) is 0 Å². The molecule has 4 heteroatoms. The van der Waals surface area contributed by atoms with Gasteiger partial charge in [-0.3, -0.25) is 0 Å². The number of carbonyl (C=O) groups excluding carboxylic acids is 1. The number of carbonyl (C=O) groups is 1. The molecule has 0 amide bonds. The third-order valence-corrected chi connectivity index (χ3v) is 1.45. The van der Waals surface area contributed by atoms with Crippen LogP contribution in [0.4, 0.5) is 0 Å². The Morgan fingerprint density at radius 3 is 2.71 bits per heavy atom. The van der Waals surface area contributed by atoms with Crippen molar-refractivity contribution in [3.63, 3.8) is 0 Å². The van der Waals surface area contributed by atoms with Crippen LogP contribution < -0.4 is 5.73 Å². The van der Waals surface area contributed by atoms with Crippen molar-refractivity contribution in [3.05, 3.63) is 29.6 Å². The summed E-state index contributed by atoms with van der Waals surface area (Å²) in [5.41, 5.74) is 6.54. The quantitative estimate of drug-likeness (QED) is 0.725. The van der Waals surface area contributed by atoms with E-state index in [2.05, 4.69) is 9.72 Å². The molecule has 0 saturated heterocycles. The molecular weight excluding hydrogens is 180 g/mol. The predicted molar refractivity (Wildman–Crippen MR) is 54.8 cm³/mol. The molecular formula is C10H16N2O2. The van der Waals surface area contributed by atoms with E-state index in [0.29, 0.717) is 12.2 Å². The van der Waals surface area contributed by atoms with Gasteiger partial charge in [-0.15, -0.1) is 0 Å². The maximum absolute atomic E-state index is 11.0. The standard InChI is InChI=1S/C8H10N2O2.C2H6/c1-12-8(11)7-4-6(5-9)2-3-10-7;1-2/h2-4H,5,9H2,1H3;1-2H3. The highest BCUT2D eigenvalue weighted by atomic mass is 16.5.